The summed E-state index contributed by atoms with van der Waals surface area (Å²) in [7, 11) is 0. The first-order chi connectivity index (χ1) is 5.77. The highest BCUT2D eigenvalue weighted by atomic mass is 16.3. The maximum atomic E-state index is 9.84. The van der Waals surface area contributed by atoms with Crippen molar-refractivity contribution in [2.24, 2.45) is 17.1 Å². The van der Waals surface area contributed by atoms with E-state index in [1.807, 2.05) is 0 Å². The Labute approximate surface area is 81.5 Å². The molecule has 1 aliphatic carbocycles. The summed E-state index contributed by atoms with van der Waals surface area (Å²) >= 11 is 0. The molecule has 3 N–H and O–H groups in total. The van der Waals surface area contributed by atoms with Gasteiger partial charge in [-0.15, -0.1) is 0 Å². The Morgan fingerprint density at radius 3 is 2.15 bits per heavy atom. The minimum atomic E-state index is -0.379. The lowest BCUT2D eigenvalue weighted by Crippen LogP contribution is -2.43. The predicted molar refractivity (Wildman–Crippen MR) is 55.4 cm³/mol. The van der Waals surface area contributed by atoms with Crippen molar-refractivity contribution in [1.82, 2.24) is 0 Å². The van der Waals surface area contributed by atoms with Gasteiger partial charge in [0, 0.05) is 6.04 Å². The van der Waals surface area contributed by atoms with Gasteiger partial charge >= 0.3 is 0 Å². The molecule has 0 radical (unpaired) electrons. The summed E-state index contributed by atoms with van der Waals surface area (Å²) in [6.07, 6.45) is 2.77. The van der Waals surface area contributed by atoms with Gasteiger partial charge < -0.3 is 10.8 Å². The molecule has 0 aromatic rings. The smallest absolute Gasteiger partial charge is 0.0655 e. The second kappa shape index (κ2) is 3.25. The molecule has 0 aliphatic heterocycles. The molecule has 0 amide bonds. The number of nitrogens with two attached hydrogens (primary N) is 1. The third-order valence-electron chi connectivity index (χ3n) is 3.23. The van der Waals surface area contributed by atoms with E-state index in [1.165, 1.54) is 0 Å². The van der Waals surface area contributed by atoms with Gasteiger partial charge in [0.2, 0.25) is 0 Å². The predicted octanol–water partition coefficient (Wildman–Crippen LogP) is 1.91. The SMILES string of the molecule is CC(C)C(N)C(C)(C)CC1(O)CC1. The zero-order valence-electron chi connectivity index (χ0n) is 9.30. The summed E-state index contributed by atoms with van der Waals surface area (Å²) in [5.74, 6) is 0.484. The molecule has 1 saturated carbocycles. The normalized spacial score (nSPS) is 23.3. The molecule has 1 fully saturated rings. The molecule has 2 heteroatoms. The van der Waals surface area contributed by atoms with Gasteiger partial charge in [-0.3, -0.25) is 0 Å². The van der Waals surface area contributed by atoms with Crippen LogP contribution in [0.2, 0.25) is 0 Å². The van der Waals surface area contributed by atoms with Crippen LogP contribution in [0, 0.1) is 11.3 Å². The first-order valence-corrected chi connectivity index (χ1v) is 5.25. The van der Waals surface area contributed by atoms with Crippen LogP contribution in [0.5, 0.6) is 0 Å². The number of aliphatic hydroxyl groups is 1. The van der Waals surface area contributed by atoms with Crippen LogP contribution in [0.1, 0.15) is 47.0 Å². The third kappa shape index (κ3) is 2.68. The van der Waals surface area contributed by atoms with Crippen LogP contribution >= 0.6 is 0 Å². The highest BCUT2D eigenvalue weighted by molar-refractivity contribution is 5.00. The second-order valence-corrected chi connectivity index (χ2v) is 5.66. The lowest BCUT2D eigenvalue weighted by Gasteiger charge is -2.36. The Bertz CT molecular complexity index is 183. The molecule has 0 spiro atoms. The van der Waals surface area contributed by atoms with Crippen molar-refractivity contribution in [3.05, 3.63) is 0 Å². The highest BCUT2D eigenvalue weighted by Crippen LogP contribution is 2.46. The van der Waals surface area contributed by atoms with E-state index in [0.717, 1.165) is 19.3 Å². The van der Waals surface area contributed by atoms with Crippen LogP contribution in [0.25, 0.3) is 0 Å². The van der Waals surface area contributed by atoms with Gasteiger partial charge in [-0.25, -0.2) is 0 Å². The summed E-state index contributed by atoms with van der Waals surface area (Å²) in [5.41, 5.74) is 5.79. The molecule has 0 bridgehead atoms. The van der Waals surface area contributed by atoms with Crippen LogP contribution in [0.3, 0.4) is 0 Å². The van der Waals surface area contributed by atoms with E-state index in [-0.39, 0.29) is 17.1 Å². The van der Waals surface area contributed by atoms with E-state index < -0.39 is 0 Å². The van der Waals surface area contributed by atoms with Crippen molar-refractivity contribution < 1.29 is 5.11 Å². The van der Waals surface area contributed by atoms with E-state index in [4.69, 9.17) is 5.73 Å². The molecule has 0 aromatic carbocycles. The minimum Gasteiger partial charge on any atom is -0.390 e. The standard InChI is InChI=1S/C11H23NO/c1-8(2)9(12)10(3,4)7-11(13)5-6-11/h8-9,13H,5-7,12H2,1-4H3. The van der Waals surface area contributed by atoms with Gasteiger partial charge in [-0.1, -0.05) is 27.7 Å². The topological polar surface area (TPSA) is 46.2 Å². The lowest BCUT2D eigenvalue weighted by atomic mass is 9.74. The maximum Gasteiger partial charge on any atom is 0.0655 e. The summed E-state index contributed by atoms with van der Waals surface area (Å²) < 4.78 is 0. The Hall–Kier alpha value is -0.0800. The molecule has 1 unspecified atom stereocenters. The van der Waals surface area contributed by atoms with E-state index in [9.17, 15) is 5.11 Å². The summed E-state index contributed by atoms with van der Waals surface area (Å²) in [5, 5.41) is 9.84. The Kier molecular flexibility index (Phi) is 2.75. The molecule has 13 heavy (non-hydrogen) atoms. The van der Waals surface area contributed by atoms with Crippen molar-refractivity contribution in [3.63, 3.8) is 0 Å². The van der Waals surface area contributed by atoms with Crippen molar-refractivity contribution in [2.75, 3.05) is 0 Å². The second-order valence-electron chi connectivity index (χ2n) is 5.66. The van der Waals surface area contributed by atoms with Gasteiger partial charge in [0.1, 0.15) is 0 Å². The summed E-state index contributed by atoms with van der Waals surface area (Å²) in [4.78, 5) is 0. The Balaban J connectivity index is 2.53. The lowest BCUT2D eigenvalue weighted by molar-refractivity contribution is 0.0703. The molecule has 1 aliphatic rings. The molecule has 0 aromatic heterocycles. The molecule has 1 atom stereocenters. The number of hydrogen-bond donors (Lipinski definition) is 2. The molecular formula is C11H23NO. The Morgan fingerprint density at radius 2 is 1.85 bits per heavy atom. The van der Waals surface area contributed by atoms with Crippen LogP contribution in [-0.2, 0) is 0 Å². The molecule has 2 nitrogen and oxygen atoms in total. The molecule has 78 valence electrons. The van der Waals surface area contributed by atoms with Crippen molar-refractivity contribution >= 4 is 0 Å². The Morgan fingerprint density at radius 1 is 1.38 bits per heavy atom. The number of rotatable bonds is 4. The molecule has 0 saturated heterocycles. The van der Waals surface area contributed by atoms with E-state index in [2.05, 4.69) is 27.7 Å². The maximum absolute atomic E-state index is 9.84. The van der Waals surface area contributed by atoms with E-state index in [1.54, 1.807) is 0 Å². The average molecular weight is 185 g/mol. The fourth-order valence-electron chi connectivity index (χ4n) is 2.19. The van der Waals surface area contributed by atoms with Gasteiger partial charge in [0.25, 0.3) is 0 Å². The first kappa shape index (κ1) is 11.0. The third-order valence-corrected chi connectivity index (χ3v) is 3.23. The molecule has 1 rings (SSSR count). The van der Waals surface area contributed by atoms with Crippen LogP contribution in [0.15, 0.2) is 0 Å². The molecule has 0 heterocycles. The minimum absolute atomic E-state index is 0.0550. The van der Waals surface area contributed by atoms with Crippen molar-refractivity contribution in [3.8, 4) is 0 Å². The summed E-state index contributed by atoms with van der Waals surface area (Å²) in [6.45, 7) is 8.61. The van der Waals surface area contributed by atoms with Crippen LogP contribution in [0.4, 0.5) is 0 Å². The van der Waals surface area contributed by atoms with Crippen molar-refractivity contribution in [2.45, 2.75) is 58.6 Å². The van der Waals surface area contributed by atoms with Gasteiger partial charge in [-0.05, 0) is 30.6 Å². The molecular weight excluding hydrogens is 162 g/mol. The first-order valence-electron chi connectivity index (χ1n) is 5.25. The monoisotopic (exact) mass is 185 g/mol. The highest BCUT2D eigenvalue weighted by Gasteiger charge is 2.46. The quantitative estimate of drug-likeness (QED) is 0.703. The van der Waals surface area contributed by atoms with E-state index >= 15 is 0 Å². The van der Waals surface area contributed by atoms with Gasteiger partial charge in [0.15, 0.2) is 0 Å². The van der Waals surface area contributed by atoms with Crippen molar-refractivity contribution in [1.29, 1.82) is 0 Å². The average Bonchev–Trinajstić information content (AvgIpc) is 2.64. The largest absolute Gasteiger partial charge is 0.390 e. The fourth-order valence-corrected chi connectivity index (χ4v) is 2.19. The zero-order chi connectivity index (χ0) is 10.3. The number of hydrogen-bond acceptors (Lipinski definition) is 2. The van der Waals surface area contributed by atoms with Gasteiger partial charge in [-0.2, -0.15) is 0 Å². The van der Waals surface area contributed by atoms with Crippen LogP contribution < -0.4 is 5.73 Å². The summed E-state index contributed by atoms with van der Waals surface area (Å²) in [6, 6.07) is 0.178. The zero-order valence-corrected chi connectivity index (χ0v) is 9.30. The van der Waals surface area contributed by atoms with Crippen LogP contribution in [-0.4, -0.2) is 16.7 Å². The fraction of sp³-hybridized carbons (Fsp3) is 1.00. The van der Waals surface area contributed by atoms with E-state index in [0.29, 0.717) is 5.92 Å². The van der Waals surface area contributed by atoms with Gasteiger partial charge in [0.05, 0.1) is 5.60 Å².